The first kappa shape index (κ1) is 14.0. The Bertz CT molecular complexity index is 563. The predicted molar refractivity (Wildman–Crippen MR) is 67.9 cm³/mol. The molecule has 0 aliphatic rings. The minimum absolute atomic E-state index is 0.0131. The quantitative estimate of drug-likeness (QED) is 0.800. The minimum atomic E-state index is -4.36. The van der Waals surface area contributed by atoms with Gasteiger partial charge < -0.3 is 0 Å². The summed E-state index contributed by atoms with van der Waals surface area (Å²) >= 11 is 3.33. The normalized spacial score (nSPS) is 13.5. The summed E-state index contributed by atoms with van der Waals surface area (Å²) in [7, 11) is 0. The summed E-state index contributed by atoms with van der Waals surface area (Å²) < 4.78 is 39.9. The number of alkyl halides is 4. The molecule has 0 radical (unpaired) electrons. The van der Waals surface area contributed by atoms with Crippen molar-refractivity contribution in [1.29, 1.82) is 0 Å². The highest BCUT2D eigenvalue weighted by atomic mass is 79.9. The number of benzene rings is 1. The maximum atomic E-state index is 12.8. The van der Waals surface area contributed by atoms with Gasteiger partial charge >= 0.3 is 6.18 Å². The third-order valence-corrected chi connectivity index (χ3v) is 3.09. The van der Waals surface area contributed by atoms with Crippen LogP contribution in [0.4, 0.5) is 13.2 Å². The van der Waals surface area contributed by atoms with E-state index in [1.165, 1.54) is 16.8 Å². The molecule has 1 atom stereocenters. The summed E-state index contributed by atoms with van der Waals surface area (Å²) in [6.07, 6.45) is -2.73. The molecule has 1 aromatic heterocycles. The number of aromatic nitrogens is 3. The van der Waals surface area contributed by atoms with E-state index in [-0.39, 0.29) is 16.9 Å². The van der Waals surface area contributed by atoms with Crippen molar-refractivity contribution in [3.8, 4) is 0 Å². The zero-order valence-corrected chi connectivity index (χ0v) is 11.6. The van der Waals surface area contributed by atoms with Gasteiger partial charge in [-0.15, -0.1) is 5.10 Å². The minimum Gasteiger partial charge on any atom is -0.248 e. The standard InChI is InChI=1S/C12H11BrF3N3/c1-8(13)11-7-19(18-17-11)6-9-4-2-3-5-10(9)12(14,15)16/h2-5,7-8H,6H2,1H3. The Morgan fingerprint density at radius 1 is 1.32 bits per heavy atom. The highest BCUT2D eigenvalue weighted by molar-refractivity contribution is 9.09. The van der Waals surface area contributed by atoms with Crippen LogP contribution in [0.15, 0.2) is 30.5 Å². The van der Waals surface area contributed by atoms with Crippen molar-refractivity contribution in [3.05, 3.63) is 47.3 Å². The van der Waals surface area contributed by atoms with Crippen LogP contribution in [-0.4, -0.2) is 15.0 Å². The summed E-state index contributed by atoms with van der Waals surface area (Å²) in [5.41, 5.74) is 0.220. The zero-order chi connectivity index (χ0) is 14.0. The Balaban J connectivity index is 2.28. The molecule has 0 aliphatic carbocycles. The topological polar surface area (TPSA) is 30.7 Å². The maximum absolute atomic E-state index is 12.8. The van der Waals surface area contributed by atoms with E-state index < -0.39 is 11.7 Å². The lowest BCUT2D eigenvalue weighted by atomic mass is 10.1. The van der Waals surface area contributed by atoms with E-state index in [1.807, 2.05) is 6.92 Å². The van der Waals surface area contributed by atoms with Crippen LogP contribution < -0.4 is 0 Å². The number of nitrogens with zero attached hydrogens (tertiary/aromatic N) is 3. The van der Waals surface area contributed by atoms with Gasteiger partial charge in [0.1, 0.15) is 0 Å². The average Bonchev–Trinajstić information content (AvgIpc) is 2.77. The molecule has 0 spiro atoms. The molecule has 19 heavy (non-hydrogen) atoms. The molecule has 102 valence electrons. The molecule has 3 nitrogen and oxygen atoms in total. The van der Waals surface area contributed by atoms with Crippen LogP contribution >= 0.6 is 15.9 Å². The molecule has 2 aromatic rings. The van der Waals surface area contributed by atoms with E-state index in [9.17, 15) is 13.2 Å². The van der Waals surface area contributed by atoms with E-state index in [0.29, 0.717) is 5.69 Å². The lowest BCUT2D eigenvalue weighted by Gasteiger charge is -2.12. The Hall–Kier alpha value is -1.37. The van der Waals surface area contributed by atoms with Crippen LogP contribution in [0.2, 0.25) is 0 Å². The van der Waals surface area contributed by atoms with Crippen molar-refractivity contribution in [2.75, 3.05) is 0 Å². The van der Waals surface area contributed by atoms with E-state index in [0.717, 1.165) is 6.07 Å². The summed E-state index contributed by atoms with van der Waals surface area (Å²) in [6, 6.07) is 5.47. The van der Waals surface area contributed by atoms with Crippen LogP contribution in [0.3, 0.4) is 0 Å². The first-order valence-corrected chi connectivity index (χ1v) is 6.48. The predicted octanol–water partition coefficient (Wildman–Crippen LogP) is 3.80. The molecular weight excluding hydrogens is 323 g/mol. The van der Waals surface area contributed by atoms with Gasteiger partial charge in [0.15, 0.2) is 0 Å². The number of halogens is 4. The molecule has 2 rings (SSSR count). The first-order chi connectivity index (χ1) is 8.88. The molecule has 1 aromatic carbocycles. The van der Waals surface area contributed by atoms with Gasteiger partial charge in [-0.3, -0.25) is 0 Å². The molecule has 7 heteroatoms. The van der Waals surface area contributed by atoms with Crippen molar-refractivity contribution in [3.63, 3.8) is 0 Å². The van der Waals surface area contributed by atoms with E-state index in [4.69, 9.17) is 0 Å². The molecule has 0 saturated heterocycles. The van der Waals surface area contributed by atoms with E-state index in [1.54, 1.807) is 12.3 Å². The molecule has 0 fully saturated rings. The van der Waals surface area contributed by atoms with Crippen LogP contribution in [0.5, 0.6) is 0 Å². The first-order valence-electron chi connectivity index (χ1n) is 5.57. The van der Waals surface area contributed by atoms with Gasteiger partial charge in [-0.05, 0) is 18.6 Å². The fraction of sp³-hybridized carbons (Fsp3) is 0.333. The number of hydrogen-bond acceptors (Lipinski definition) is 2. The molecule has 0 aliphatic heterocycles. The fourth-order valence-corrected chi connectivity index (χ4v) is 1.89. The Morgan fingerprint density at radius 2 is 2.00 bits per heavy atom. The average molecular weight is 334 g/mol. The second-order valence-corrected chi connectivity index (χ2v) is 5.49. The molecule has 0 bridgehead atoms. The van der Waals surface area contributed by atoms with Crippen LogP contribution in [0, 0.1) is 0 Å². The summed E-state index contributed by atoms with van der Waals surface area (Å²) in [5, 5.41) is 7.71. The van der Waals surface area contributed by atoms with Gasteiger partial charge in [0.25, 0.3) is 0 Å². The number of rotatable bonds is 3. The Labute approximate surface area is 116 Å². The van der Waals surface area contributed by atoms with Crippen molar-refractivity contribution in [2.45, 2.75) is 24.5 Å². The summed E-state index contributed by atoms with van der Waals surface area (Å²) in [5.74, 6) is 0. The second kappa shape index (κ2) is 5.32. The van der Waals surface area contributed by atoms with Crippen LogP contribution in [-0.2, 0) is 12.7 Å². The van der Waals surface area contributed by atoms with Crippen LogP contribution in [0.25, 0.3) is 0 Å². The highest BCUT2D eigenvalue weighted by Crippen LogP contribution is 2.32. The third kappa shape index (κ3) is 3.34. The van der Waals surface area contributed by atoms with E-state index in [2.05, 4.69) is 26.2 Å². The molecule has 1 unspecified atom stereocenters. The maximum Gasteiger partial charge on any atom is 0.416 e. The lowest BCUT2D eigenvalue weighted by Crippen LogP contribution is -2.11. The van der Waals surface area contributed by atoms with Crippen LogP contribution in [0.1, 0.15) is 28.6 Å². The van der Waals surface area contributed by atoms with Crippen molar-refractivity contribution >= 4 is 15.9 Å². The van der Waals surface area contributed by atoms with Crippen molar-refractivity contribution < 1.29 is 13.2 Å². The van der Waals surface area contributed by atoms with Crippen molar-refractivity contribution in [1.82, 2.24) is 15.0 Å². The van der Waals surface area contributed by atoms with Crippen molar-refractivity contribution in [2.24, 2.45) is 0 Å². The Morgan fingerprint density at radius 3 is 2.58 bits per heavy atom. The van der Waals surface area contributed by atoms with Gasteiger partial charge in [-0.25, -0.2) is 4.68 Å². The van der Waals surface area contributed by atoms with Gasteiger partial charge in [0.05, 0.1) is 22.6 Å². The summed E-state index contributed by atoms with van der Waals surface area (Å²) in [6.45, 7) is 1.92. The monoisotopic (exact) mass is 333 g/mol. The zero-order valence-electron chi connectivity index (χ0n) is 10.0. The Kier molecular flexibility index (Phi) is 3.93. The van der Waals surface area contributed by atoms with Gasteiger partial charge in [0.2, 0.25) is 0 Å². The smallest absolute Gasteiger partial charge is 0.248 e. The molecule has 1 heterocycles. The van der Waals surface area contributed by atoms with Gasteiger partial charge in [-0.2, -0.15) is 13.2 Å². The number of hydrogen-bond donors (Lipinski definition) is 0. The SMILES string of the molecule is CC(Br)c1cn(Cc2ccccc2C(F)(F)F)nn1. The molecule has 0 N–H and O–H groups in total. The summed E-state index contributed by atoms with van der Waals surface area (Å²) in [4.78, 5) is 0.0131. The lowest BCUT2D eigenvalue weighted by molar-refractivity contribution is -0.138. The van der Waals surface area contributed by atoms with E-state index >= 15 is 0 Å². The fourth-order valence-electron chi connectivity index (χ4n) is 1.68. The second-order valence-electron chi connectivity index (χ2n) is 4.11. The molecule has 0 saturated carbocycles. The largest absolute Gasteiger partial charge is 0.416 e. The molecule has 0 amide bonds. The highest BCUT2D eigenvalue weighted by Gasteiger charge is 2.32. The van der Waals surface area contributed by atoms with Gasteiger partial charge in [-0.1, -0.05) is 39.3 Å². The van der Waals surface area contributed by atoms with Gasteiger partial charge in [0, 0.05) is 6.20 Å². The molecular formula is C12H11BrF3N3. The third-order valence-electron chi connectivity index (χ3n) is 2.62.